The van der Waals surface area contributed by atoms with E-state index in [2.05, 4.69) is 10.6 Å². The number of nitrogens with zero attached hydrogens (tertiary/aromatic N) is 1. The third-order valence-electron chi connectivity index (χ3n) is 3.80. The Bertz CT molecular complexity index is 916. The zero-order valence-electron chi connectivity index (χ0n) is 15.0. The number of esters is 1. The zero-order chi connectivity index (χ0) is 19.8. The molecule has 0 saturated heterocycles. The van der Waals surface area contributed by atoms with Crippen LogP contribution in [0.25, 0.3) is 0 Å². The van der Waals surface area contributed by atoms with E-state index in [-0.39, 0.29) is 6.54 Å². The summed E-state index contributed by atoms with van der Waals surface area (Å²) < 4.78 is 4.83. The van der Waals surface area contributed by atoms with Gasteiger partial charge in [0.05, 0.1) is 11.6 Å². The number of nitriles is 1. The first-order valence-electron chi connectivity index (χ1n) is 8.20. The van der Waals surface area contributed by atoms with Crippen LogP contribution in [0, 0.1) is 25.2 Å². The molecule has 0 aliphatic rings. The molecule has 0 spiro atoms. The zero-order valence-corrected chi connectivity index (χ0v) is 15.0. The first-order chi connectivity index (χ1) is 12.9. The number of carbonyl (C=O) groups is 3. The molecule has 2 rings (SSSR count). The largest absolute Gasteiger partial charge is 0.454 e. The van der Waals surface area contributed by atoms with Crippen LogP contribution in [0.4, 0.5) is 5.69 Å². The van der Waals surface area contributed by atoms with Crippen LogP contribution < -0.4 is 10.6 Å². The number of hydrogen-bond acceptors (Lipinski definition) is 5. The van der Waals surface area contributed by atoms with E-state index in [0.29, 0.717) is 16.8 Å². The van der Waals surface area contributed by atoms with Crippen LogP contribution in [-0.2, 0) is 14.3 Å². The van der Waals surface area contributed by atoms with Crippen molar-refractivity contribution in [1.82, 2.24) is 5.32 Å². The van der Waals surface area contributed by atoms with Crippen molar-refractivity contribution in [3.63, 3.8) is 0 Å². The summed E-state index contributed by atoms with van der Waals surface area (Å²) in [6.07, 6.45) is 0. The molecule has 2 N–H and O–H groups in total. The summed E-state index contributed by atoms with van der Waals surface area (Å²) in [5.41, 5.74) is 3.32. The first kappa shape index (κ1) is 19.7. The minimum absolute atomic E-state index is 0.344. The van der Waals surface area contributed by atoms with Crippen LogP contribution in [0.3, 0.4) is 0 Å². The third kappa shape index (κ3) is 5.97. The summed E-state index contributed by atoms with van der Waals surface area (Å²) in [5.74, 6) is -1.67. The van der Waals surface area contributed by atoms with Crippen molar-refractivity contribution in [2.45, 2.75) is 13.8 Å². The van der Waals surface area contributed by atoms with Crippen molar-refractivity contribution in [2.75, 3.05) is 18.5 Å². The van der Waals surface area contributed by atoms with Gasteiger partial charge in [0.2, 0.25) is 0 Å². The Labute approximate surface area is 156 Å². The summed E-state index contributed by atoms with van der Waals surface area (Å²) in [7, 11) is 0. The van der Waals surface area contributed by atoms with Gasteiger partial charge in [-0.2, -0.15) is 5.26 Å². The molecule has 0 heterocycles. The van der Waals surface area contributed by atoms with Crippen LogP contribution in [0.5, 0.6) is 0 Å². The van der Waals surface area contributed by atoms with Crippen molar-refractivity contribution in [1.29, 1.82) is 5.26 Å². The Morgan fingerprint density at radius 3 is 2.56 bits per heavy atom. The quantitative estimate of drug-likeness (QED) is 0.762. The van der Waals surface area contributed by atoms with Crippen LogP contribution in [0.15, 0.2) is 42.5 Å². The molecule has 0 radical (unpaired) electrons. The van der Waals surface area contributed by atoms with E-state index < -0.39 is 24.4 Å². The molecule has 0 atom stereocenters. The van der Waals surface area contributed by atoms with Crippen molar-refractivity contribution >= 4 is 23.5 Å². The lowest BCUT2D eigenvalue weighted by molar-refractivity contribution is -0.146. The molecule has 27 heavy (non-hydrogen) atoms. The topological polar surface area (TPSA) is 108 Å². The molecule has 0 aromatic heterocycles. The summed E-state index contributed by atoms with van der Waals surface area (Å²) in [6, 6.07) is 13.5. The Kier molecular flexibility index (Phi) is 6.67. The van der Waals surface area contributed by atoms with Gasteiger partial charge in [-0.15, -0.1) is 0 Å². The fourth-order valence-corrected chi connectivity index (χ4v) is 2.20. The van der Waals surface area contributed by atoms with E-state index in [1.807, 2.05) is 26.0 Å². The number of benzene rings is 2. The van der Waals surface area contributed by atoms with Crippen molar-refractivity contribution in [3.05, 3.63) is 64.7 Å². The summed E-state index contributed by atoms with van der Waals surface area (Å²) in [4.78, 5) is 35.5. The minimum Gasteiger partial charge on any atom is -0.454 e. The smallest absolute Gasteiger partial charge is 0.325 e. The van der Waals surface area contributed by atoms with Gasteiger partial charge in [-0.3, -0.25) is 14.4 Å². The molecule has 0 saturated carbocycles. The number of ether oxygens (including phenoxy) is 1. The van der Waals surface area contributed by atoms with Crippen molar-refractivity contribution < 1.29 is 19.1 Å². The van der Waals surface area contributed by atoms with Gasteiger partial charge in [-0.25, -0.2) is 0 Å². The Morgan fingerprint density at radius 2 is 1.85 bits per heavy atom. The summed E-state index contributed by atoms with van der Waals surface area (Å²) in [5, 5.41) is 13.8. The minimum atomic E-state index is -0.729. The molecule has 138 valence electrons. The fourth-order valence-electron chi connectivity index (χ4n) is 2.20. The predicted octanol–water partition coefficient (Wildman–Crippen LogP) is 2.09. The standard InChI is InChI=1S/C20H19N3O4/c1-13-6-7-16(8-14(13)2)20(26)22-11-19(25)27-12-18(24)23-17-5-3-4-15(9-17)10-21/h3-9H,11-12H2,1-2H3,(H,22,26)(H,23,24). The number of hydrogen-bond donors (Lipinski definition) is 2. The lowest BCUT2D eigenvalue weighted by atomic mass is 10.1. The van der Waals surface area contributed by atoms with Gasteiger partial charge in [0.15, 0.2) is 6.61 Å². The monoisotopic (exact) mass is 365 g/mol. The second kappa shape index (κ2) is 9.15. The number of aryl methyl sites for hydroxylation is 2. The van der Waals surface area contributed by atoms with E-state index >= 15 is 0 Å². The second-order valence-corrected chi connectivity index (χ2v) is 5.88. The number of rotatable bonds is 6. The third-order valence-corrected chi connectivity index (χ3v) is 3.80. The average Bonchev–Trinajstić information content (AvgIpc) is 2.66. The lowest BCUT2D eigenvalue weighted by Gasteiger charge is -2.08. The predicted molar refractivity (Wildman–Crippen MR) is 99.0 cm³/mol. The maximum absolute atomic E-state index is 12.0. The maximum Gasteiger partial charge on any atom is 0.325 e. The molecule has 2 aromatic rings. The first-order valence-corrected chi connectivity index (χ1v) is 8.20. The number of carbonyl (C=O) groups excluding carboxylic acids is 3. The molecular weight excluding hydrogens is 346 g/mol. The van der Waals surface area contributed by atoms with E-state index in [4.69, 9.17) is 10.00 Å². The van der Waals surface area contributed by atoms with Crippen LogP contribution >= 0.6 is 0 Å². The Hall–Kier alpha value is -3.66. The van der Waals surface area contributed by atoms with Gasteiger partial charge in [0.1, 0.15) is 6.54 Å². The van der Waals surface area contributed by atoms with Gasteiger partial charge in [0.25, 0.3) is 11.8 Å². The normalized spacial score (nSPS) is 9.81. The van der Waals surface area contributed by atoms with E-state index in [0.717, 1.165) is 11.1 Å². The maximum atomic E-state index is 12.0. The number of nitrogens with one attached hydrogen (secondary N) is 2. The molecule has 7 nitrogen and oxygen atoms in total. The lowest BCUT2D eigenvalue weighted by Crippen LogP contribution is -2.32. The molecule has 0 bridgehead atoms. The van der Waals surface area contributed by atoms with Gasteiger partial charge < -0.3 is 15.4 Å². The number of amides is 2. The van der Waals surface area contributed by atoms with Crippen molar-refractivity contribution in [3.8, 4) is 6.07 Å². The highest BCUT2D eigenvalue weighted by Crippen LogP contribution is 2.10. The van der Waals surface area contributed by atoms with E-state index in [1.165, 1.54) is 6.07 Å². The van der Waals surface area contributed by atoms with Crippen LogP contribution in [-0.4, -0.2) is 30.9 Å². The van der Waals surface area contributed by atoms with E-state index in [1.54, 1.807) is 30.3 Å². The highest BCUT2D eigenvalue weighted by Gasteiger charge is 2.11. The van der Waals surface area contributed by atoms with Gasteiger partial charge in [-0.05, 0) is 55.3 Å². The van der Waals surface area contributed by atoms with E-state index in [9.17, 15) is 14.4 Å². The highest BCUT2D eigenvalue weighted by molar-refractivity contribution is 5.96. The second-order valence-electron chi connectivity index (χ2n) is 5.88. The fraction of sp³-hybridized carbons (Fsp3) is 0.200. The molecule has 0 fully saturated rings. The Morgan fingerprint density at radius 1 is 1.07 bits per heavy atom. The van der Waals surface area contributed by atoms with Gasteiger partial charge >= 0.3 is 5.97 Å². The van der Waals surface area contributed by atoms with Gasteiger partial charge in [-0.1, -0.05) is 12.1 Å². The summed E-state index contributed by atoms with van der Waals surface area (Å²) in [6.45, 7) is 3.00. The summed E-state index contributed by atoms with van der Waals surface area (Å²) >= 11 is 0. The molecule has 2 aromatic carbocycles. The highest BCUT2D eigenvalue weighted by atomic mass is 16.5. The average molecular weight is 365 g/mol. The molecule has 0 aliphatic carbocycles. The Balaban J connectivity index is 1.76. The molecule has 2 amide bonds. The van der Waals surface area contributed by atoms with Crippen LogP contribution in [0.1, 0.15) is 27.0 Å². The van der Waals surface area contributed by atoms with Crippen LogP contribution in [0.2, 0.25) is 0 Å². The molecule has 7 heteroatoms. The molecule has 0 aliphatic heterocycles. The SMILES string of the molecule is Cc1ccc(C(=O)NCC(=O)OCC(=O)Nc2cccc(C#N)c2)cc1C. The number of anilines is 1. The van der Waals surface area contributed by atoms with Crippen molar-refractivity contribution in [2.24, 2.45) is 0 Å². The molecule has 0 unspecified atom stereocenters. The molecular formula is C20H19N3O4. The van der Waals surface area contributed by atoms with Gasteiger partial charge in [0, 0.05) is 11.3 Å².